The second kappa shape index (κ2) is 8.29. The van der Waals surface area contributed by atoms with E-state index in [1.54, 1.807) is 26.0 Å². The van der Waals surface area contributed by atoms with Gasteiger partial charge in [-0.2, -0.15) is 4.31 Å². The molecule has 1 saturated heterocycles. The Morgan fingerprint density at radius 3 is 2.60 bits per heavy atom. The van der Waals surface area contributed by atoms with Gasteiger partial charge in [0.2, 0.25) is 10.0 Å². The maximum absolute atomic E-state index is 12.7. The van der Waals surface area contributed by atoms with Crippen LogP contribution in [0.5, 0.6) is 0 Å². The number of rotatable bonds is 6. The average Bonchev–Trinajstić information content (AvgIpc) is 2.58. The van der Waals surface area contributed by atoms with Crippen molar-refractivity contribution in [2.24, 2.45) is 5.92 Å². The van der Waals surface area contributed by atoms with Crippen LogP contribution in [0.2, 0.25) is 0 Å². The molecule has 1 heterocycles. The van der Waals surface area contributed by atoms with E-state index >= 15 is 0 Å². The van der Waals surface area contributed by atoms with Gasteiger partial charge >= 0.3 is 0 Å². The third-order valence-electron chi connectivity index (χ3n) is 4.90. The molecule has 1 aliphatic rings. The van der Waals surface area contributed by atoms with Gasteiger partial charge in [0.05, 0.1) is 4.90 Å². The highest BCUT2D eigenvalue weighted by atomic mass is 32.2. The molecule has 1 amide bonds. The van der Waals surface area contributed by atoms with Crippen molar-refractivity contribution in [2.75, 3.05) is 26.2 Å². The number of amides is 1. The smallest absolute Gasteiger partial charge is 0.251 e. The Balaban J connectivity index is 2.28. The predicted molar refractivity (Wildman–Crippen MR) is 99.2 cm³/mol. The molecule has 2 unspecified atom stereocenters. The van der Waals surface area contributed by atoms with Gasteiger partial charge in [-0.1, -0.05) is 26.8 Å². The van der Waals surface area contributed by atoms with E-state index < -0.39 is 10.0 Å². The van der Waals surface area contributed by atoms with Crippen molar-refractivity contribution in [1.29, 1.82) is 0 Å². The molecule has 2 N–H and O–H groups in total. The van der Waals surface area contributed by atoms with E-state index in [9.17, 15) is 13.2 Å². The highest BCUT2D eigenvalue weighted by Gasteiger charge is 2.26. The first-order chi connectivity index (χ1) is 11.8. The number of nitrogens with zero attached hydrogens (tertiary/aromatic N) is 1. The summed E-state index contributed by atoms with van der Waals surface area (Å²) in [6.07, 6.45) is 0.878. The summed E-state index contributed by atoms with van der Waals surface area (Å²) in [6.45, 7) is 10.1. The molecule has 0 aliphatic carbocycles. The number of aryl methyl sites for hydroxylation is 1. The molecule has 1 aromatic rings. The predicted octanol–water partition coefficient (Wildman–Crippen LogP) is 1.75. The van der Waals surface area contributed by atoms with Crippen LogP contribution < -0.4 is 10.6 Å². The monoisotopic (exact) mass is 367 g/mol. The molecule has 1 fully saturated rings. The second-order valence-electron chi connectivity index (χ2n) is 6.62. The summed E-state index contributed by atoms with van der Waals surface area (Å²) in [7, 11) is -3.57. The van der Waals surface area contributed by atoms with Gasteiger partial charge in [0.15, 0.2) is 0 Å². The lowest BCUT2D eigenvalue weighted by atomic mass is 9.95. The molecule has 6 nitrogen and oxygen atoms in total. The number of carbonyl (C=O) groups excluding carboxylic acids is 1. The number of piperidine rings is 1. The number of hydrogen-bond acceptors (Lipinski definition) is 4. The Labute approximate surface area is 151 Å². The van der Waals surface area contributed by atoms with Gasteiger partial charge in [-0.05, 0) is 50.0 Å². The Bertz CT molecular complexity index is 714. The molecule has 2 atom stereocenters. The quantitative estimate of drug-likeness (QED) is 0.803. The van der Waals surface area contributed by atoms with E-state index in [1.807, 2.05) is 6.92 Å². The molecule has 7 heteroatoms. The second-order valence-corrected chi connectivity index (χ2v) is 8.55. The maximum Gasteiger partial charge on any atom is 0.251 e. The summed E-state index contributed by atoms with van der Waals surface area (Å²) in [5.74, 6) is 0.147. The first kappa shape index (κ1) is 19.9. The minimum Gasteiger partial charge on any atom is -0.349 e. The zero-order chi connectivity index (χ0) is 18.6. The van der Waals surface area contributed by atoms with E-state index in [0.29, 0.717) is 24.6 Å². The number of nitrogens with one attached hydrogen (secondary N) is 2. The molecular formula is C18H29N3O3S. The van der Waals surface area contributed by atoms with Crippen LogP contribution in [0.4, 0.5) is 0 Å². The van der Waals surface area contributed by atoms with Crippen LogP contribution in [-0.4, -0.2) is 50.9 Å². The lowest BCUT2D eigenvalue weighted by Crippen LogP contribution is -2.48. The van der Waals surface area contributed by atoms with Crippen molar-refractivity contribution in [3.63, 3.8) is 0 Å². The van der Waals surface area contributed by atoms with Crippen LogP contribution in [0.3, 0.4) is 0 Å². The largest absolute Gasteiger partial charge is 0.349 e. The fraction of sp³-hybridized carbons (Fsp3) is 0.611. The number of carbonyl (C=O) groups is 1. The molecule has 0 bridgehead atoms. The molecule has 25 heavy (non-hydrogen) atoms. The maximum atomic E-state index is 12.7. The molecule has 1 aromatic carbocycles. The van der Waals surface area contributed by atoms with E-state index in [1.165, 1.54) is 10.4 Å². The first-order valence-corrected chi connectivity index (χ1v) is 10.4. The molecule has 0 spiro atoms. The third-order valence-corrected chi connectivity index (χ3v) is 6.94. The van der Waals surface area contributed by atoms with Gasteiger partial charge in [0.25, 0.3) is 5.91 Å². The Morgan fingerprint density at radius 1 is 1.32 bits per heavy atom. The number of sulfonamides is 1. The summed E-state index contributed by atoms with van der Waals surface area (Å²) >= 11 is 0. The summed E-state index contributed by atoms with van der Waals surface area (Å²) in [4.78, 5) is 12.9. The Morgan fingerprint density at radius 2 is 2.00 bits per heavy atom. The van der Waals surface area contributed by atoms with Crippen molar-refractivity contribution in [3.8, 4) is 0 Å². The van der Waals surface area contributed by atoms with Crippen LogP contribution in [0, 0.1) is 12.8 Å². The lowest BCUT2D eigenvalue weighted by molar-refractivity contribution is 0.0913. The van der Waals surface area contributed by atoms with E-state index in [0.717, 1.165) is 25.1 Å². The summed E-state index contributed by atoms with van der Waals surface area (Å²) < 4.78 is 26.8. The summed E-state index contributed by atoms with van der Waals surface area (Å²) in [6, 6.07) is 4.89. The zero-order valence-electron chi connectivity index (χ0n) is 15.5. The van der Waals surface area contributed by atoms with Crippen LogP contribution >= 0.6 is 0 Å². The van der Waals surface area contributed by atoms with Gasteiger partial charge in [0, 0.05) is 24.7 Å². The first-order valence-electron chi connectivity index (χ1n) is 8.93. The lowest BCUT2D eigenvalue weighted by Gasteiger charge is -2.30. The average molecular weight is 368 g/mol. The van der Waals surface area contributed by atoms with Crippen molar-refractivity contribution in [1.82, 2.24) is 14.9 Å². The molecule has 0 aromatic heterocycles. The standard InChI is InChI=1S/C18H29N3O3S/c1-5-21(6-2)25(23,24)15-8-7-13(3)16(11-15)18(22)20-17-9-10-19-12-14(17)4/h7-8,11,14,17,19H,5-6,9-10,12H2,1-4H3,(H,20,22). The van der Waals surface area contributed by atoms with Gasteiger partial charge in [0.1, 0.15) is 0 Å². The Hall–Kier alpha value is -1.44. The van der Waals surface area contributed by atoms with Crippen LogP contribution in [0.25, 0.3) is 0 Å². The van der Waals surface area contributed by atoms with Gasteiger partial charge < -0.3 is 10.6 Å². The molecule has 140 valence electrons. The van der Waals surface area contributed by atoms with Gasteiger partial charge in [-0.15, -0.1) is 0 Å². The van der Waals surface area contributed by atoms with Gasteiger partial charge in [-0.25, -0.2) is 8.42 Å². The van der Waals surface area contributed by atoms with Crippen molar-refractivity contribution in [3.05, 3.63) is 29.3 Å². The number of hydrogen-bond donors (Lipinski definition) is 2. The third kappa shape index (κ3) is 4.40. The van der Waals surface area contributed by atoms with Crippen LogP contribution in [0.1, 0.15) is 43.1 Å². The molecule has 2 rings (SSSR count). The normalized spacial score (nSPS) is 21.3. The minimum atomic E-state index is -3.57. The van der Waals surface area contributed by atoms with Crippen LogP contribution in [-0.2, 0) is 10.0 Å². The number of benzene rings is 1. The SMILES string of the molecule is CCN(CC)S(=O)(=O)c1ccc(C)c(C(=O)NC2CCNCC2C)c1. The molecular weight excluding hydrogens is 338 g/mol. The fourth-order valence-electron chi connectivity index (χ4n) is 3.19. The zero-order valence-corrected chi connectivity index (χ0v) is 16.3. The fourth-order valence-corrected chi connectivity index (χ4v) is 4.68. The highest BCUT2D eigenvalue weighted by molar-refractivity contribution is 7.89. The topological polar surface area (TPSA) is 78.5 Å². The molecule has 0 radical (unpaired) electrons. The van der Waals surface area contributed by atoms with Crippen LogP contribution in [0.15, 0.2) is 23.1 Å². The minimum absolute atomic E-state index is 0.108. The van der Waals surface area contributed by atoms with E-state index in [2.05, 4.69) is 17.6 Å². The summed E-state index contributed by atoms with van der Waals surface area (Å²) in [5.41, 5.74) is 1.21. The Kier molecular flexibility index (Phi) is 6.59. The molecule has 0 saturated carbocycles. The van der Waals surface area contributed by atoms with Crippen molar-refractivity contribution < 1.29 is 13.2 Å². The van der Waals surface area contributed by atoms with Gasteiger partial charge in [-0.3, -0.25) is 4.79 Å². The van der Waals surface area contributed by atoms with E-state index in [4.69, 9.17) is 0 Å². The van der Waals surface area contributed by atoms with Crippen molar-refractivity contribution in [2.45, 2.75) is 45.1 Å². The van der Waals surface area contributed by atoms with Crippen molar-refractivity contribution >= 4 is 15.9 Å². The summed E-state index contributed by atoms with van der Waals surface area (Å²) in [5, 5.41) is 6.38. The highest BCUT2D eigenvalue weighted by Crippen LogP contribution is 2.20. The van der Waals surface area contributed by atoms with E-state index in [-0.39, 0.29) is 16.8 Å². The molecule has 1 aliphatic heterocycles.